The molecule has 0 bridgehead atoms. The smallest absolute Gasteiger partial charge is 0.404 e. The third-order valence-corrected chi connectivity index (χ3v) is 1.84. The van der Waals surface area contributed by atoms with Crippen LogP contribution in [0.5, 0.6) is 0 Å². The van der Waals surface area contributed by atoms with Crippen LogP contribution in [0.25, 0.3) is 0 Å². The summed E-state index contributed by atoms with van der Waals surface area (Å²) in [6.45, 7) is 2.57. The Morgan fingerprint density at radius 3 is 2.31 bits per heavy atom. The zero-order chi connectivity index (χ0) is 12.1. The maximum atomic E-state index is 10.1. The van der Waals surface area contributed by atoms with Crippen molar-refractivity contribution in [3.63, 3.8) is 0 Å². The van der Waals surface area contributed by atoms with Gasteiger partial charge in [-0.05, 0) is 19.3 Å². The Hall–Kier alpha value is -0.850. The fraction of sp³-hybridized carbons (Fsp3) is 0.900. The summed E-state index contributed by atoms with van der Waals surface area (Å²) in [6, 6.07) is 0. The van der Waals surface area contributed by atoms with Crippen LogP contribution < -0.4 is 5.32 Å². The second-order valence-electron chi connectivity index (χ2n) is 3.24. The van der Waals surface area contributed by atoms with Crippen molar-refractivity contribution in [2.24, 2.45) is 0 Å². The lowest BCUT2D eigenvalue weighted by Crippen LogP contribution is -2.25. The molecular formula is C10H21NO5. The van der Waals surface area contributed by atoms with Gasteiger partial charge < -0.3 is 25.0 Å². The Kier molecular flexibility index (Phi) is 11.6. The number of hydrogen-bond donors (Lipinski definition) is 3. The van der Waals surface area contributed by atoms with Gasteiger partial charge in [-0.3, -0.25) is 0 Å². The van der Waals surface area contributed by atoms with Crippen LogP contribution in [0.4, 0.5) is 4.79 Å². The summed E-state index contributed by atoms with van der Waals surface area (Å²) in [5.41, 5.74) is 0. The van der Waals surface area contributed by atoms with Gasteiger partial charge in [-0.1, -0.05) is 0 Å². The lowest BCUT2D eigenvalue weighted by Gasteiger charge is -2.05. The quantitative estimate of drug-likeness (QED) is 0.452. The van der Waals surface area contributed by atoms with E-state index in [4.69, 9.17) is 19.7 Å². The zero-order valence-electron chi connectivity index (χ0n) is 9.48. The molecular weight excluding hydrogens is 214 g/mol. The van der Waals surface area contributed by atoms with Crippen molar-refractivity contribution >= 4 is 6.09 Å². The molecule has 1 amide bonds. The first-order chi connectivity index (χ1) is 7.77. The van der Waals surface area contributed by atoms with Gasteiger partial charge in [-0.15, -0.1) is 0 Å². The number of rotatable bonds is 11. The molecule has 0 spiro atoms. The molecule has 0 unspecified atom stereocenters. The fourth-order valence-electron chi connectivity index (χ4n) is 1.04. The standard InChI is InChI=1S/C10H21NO5/c12-5-2-1-3-6-15-8-9-16-7-4-11-10(13)14/h11-12H,1-9H2,(H,13,14). The number of carboxylic acid groups (broad SMARTS) is 1. The van der Waals surface area contributed by atoms with E-state index in [0.717, 1.165) is 19.3 Å². The first-order valence-electron chi connectivity index (χ1n) is 5.50. The molecule has 6 nitrogen and oxygen atoms in total. The third-order valence-electron chi connectivity index (χ3n) is 1.84. The molecule has 3 N–H and O–H groups in total. The maximum Gasteiger partial charge on any atom is 0.404 e. The molecule has 0 aromatic carbocycles. The van der Waals surface area contributed by atoms with Gasteiger partial charge in [0, 0.05) is 19.8 Å². The molecule has 0 aliphatic heterocycles. The second-order valence-corrected chi connectivity index (χ2v) is 3.24. The van der Waals surface area contributed by atoms with Gasteiger partial charge in [0.25, 0.3) is 0 Å². The number of nitrogens with one attached hydrogen (secondary N) is 1. The average Bonchev–Trinajstić information content (AvgIpc) is 2.25. The lowest BCUT2D eigenvalue weighted by atomic mass is 10.2. The van der Waals surface area contributed by atoms with E-state index in [1.54, 1.807) is 0 Å². The monoisotopic (exact) mass is 235 g/mol. The maximum absolute atomic E-state index is 10.1. The molecule has 6 heteroatoms. The third kappa shape index (κ3) is 13.2. The van der Waals surface area contributed by atoms with E-state index in [-0.39, 0.29) is 6.61 Å². The lowest BCUT2D eigenvalue weighted by molar-refractivity contribution is 0.0471. The molecule has 0 aliphatic carbocycles. The fourth-order valence-corrected chi connectivity index (χ4v) is 1.04. The molecule has 0 aromatic rings. The molecule has 0 atom stereocenters. The Labute approximate surface area is 95.6 Å². The molecule has 0 fully saturated rings. The van der Waals surface area contributed by atoms with Crippen molar-refractivity contribution in [2.45, 2.75) is 19.3 Å². The normalized spacial score (nSPS) is 10.3. The van der Waals surface area contributed by atoms with Crippen LogP contribution in [0.3, 0.4) is 0 Å². The SMILES string of the molecule is O=C(O)NCCOCCOCCCCCO. The minimum atomic E-state index is -1.04. The largest absolute Gasteiger partial charge is 0.465 e. The highest BCUT2D eigenvalue weighted by Gasteiger charge is 1.93. The molecule has 0 rings (SSSR count). The van der Waals surface area contributed by atoms with Crippen molar-refractivity contribution < 1.29 is 24.5 Å². The minimum Gasteiger partial charge on any atom is -0.465 e. The second kappa shape index (κ2) is 12.2. The summed E-state index contributed by atoms with van der Waals surface area (Å²) in [4.78, 5) is 10.1. The van der Waals surface area contributed by atoms with Gasteiger partial charge in [-0.25, -0.2) is 4.79 Å². The van der Waals surface area contributed by atoms with E-state index < -0.39 is 6.09 Å². The van der Waals surface area contributed by atoms with Crippen LogP contribution in [0, 0.1) is 0 Å². The van der Waals surface area contributed by atoms with E-state index in [0.29, 0.717) is 33.0 Å². The molecule has 0 saturated heterocycles. The Balaban J connectivity index is 2.90. The van der Waals surface area contributed by atoms with Gasteiger partial charge in [0.2, 0.25) is 0 Å². The van der Waals surface area contributed by atoms with E-state index in [1.165, 1.54) is 0 Å². The van der Waals surface area contributed by atoms with Crippen molar-refractivity contribution in [1.82, 2.24) is 5.32 Å². The Bertz CT molecular complexity index is 165. The zero-order valence-corrected chi connectivity index (χ0v) is 9.48. The number of amides is 1. The van der Waals surface area contributed by atoms with Crippen molar-refractivity contribution in [1.29, 1.82) is 0 Å². The van der Waals surface area contributed by atoms with Crippen molar-refractivity contribution in [2.75, 3.05) is 39.6 Å². The van der Waals surface area contributed by atoms with E-state index >= 15 is 0 Å². The highest BCUT2D eigenvalue weighted by molar-refractivity contribution is 5.64. The topological polar surface area (TPSA) is 88.0 Å². The van der Waals surface area contributed by atoms with E-state index in [2.05, 4.69) is 5.32 Å². The molecule has 16 heavy (non-hydrogen) atoms. The van der Waals surface area contributed by atoms with Crippen LogP contribution >= 0.6 is 0 Å². The predicted octanol–water partition coefficient (Wildman–Crippen LogP) is 0.450. The van der Waals surface area contributed by atoms with Crippen LogP contribution in [0.15, 0.2) is 0 Å². The predicted molar refractivity (Wildman–Crippen MR) is 58.6 cm³/mol. The molecule has 0 saturated carbocycles. The van der Waals surface area contributed by atoms with Gasteiger partial charge >= 0.3 is 6.09 Å². The summed E-state index contributed by atoms with van der Waals surface area (Å²) in [7, 11) is 0. The number of aliphatic hydroxyl groups excluding tert-OH is 1. The van der Waals surface area contributed by atoms with Gasteiger partial charge in [0.1, 0.15) is 0 Å². The van der Waals surface area contributed by atoms with E-state index in [1.807, 2.05) is 0 Å². The number of aliphatic hydroxyl groups is 1. The molecule has 0 heterocycles. The van der Waals surface area contributed by atoms with Crippen molar-refractivity contribution in [3.8, 4) is 0 Å². The molecule has 0 aliphatic rings. The van der Waals surface area contributed by atoms with Crippen LogP contribution in [-0.2, 0) is 9.47 Å². The number of unbranched alkanes of at least 4 members (excludes halogenated alkanes) is 2. The number of ether oxygens (including phenoxy) is 2. The summed E-state index contributed by atoms with van der Waals surface area (Å²) >= 11 is 0. The average molecular weight is 235 g/mol. The Morgan fingerprint density at radius 2 is 1.69 bits per heavy atom. The van der Waals surface area contributed by atoms with E-state index in [9.17, 15) is 4.79 Å². The first kappa shape index (κ1) is 15.2. The summed E-state index contributed by atoms with van der Waals surface area (Å²) in [6.07, 6.45) is 1.70. The first-order valence-corrected chi connectivity index (χ1v) is 5.50. The van der Waals surface area contributed by atoms with Gasteiger partial charge in [-0.2, -0.15) is 0 Å². The highest BCUT2D eigenvalue weighted by atomic mass is 16.5. The van der Waals surface area contributed by atoms with Crippen LogP contribution in [-0.4, -0.2) is 55.9 Å². The summed E-state index contributed by atoms with van der Waals surface area (Å²) in [5.74, 6) is 0. The number of hydrogen-bond acceptors (Lipinski definition) is 4. The Morgan fingerprint density at radius 1 is 1.00 bits per heavy atom. The molecule has 96 valence electrons. The van der Waals surface area contributed by atoms with Crippen LogP contribution in [0.2, 0.25) is 0 Å². The van der Waals surface area contributed by atoms with Gasteiger partial charge in [0.15, 0.2) is 0 Å². The summed E-state index contributed by atoms with van der Waals surface area (Å²) in [5, 5.41) is 19.0. The highest BCUT2D eigenvalue weighted by Crippen LogP contribution is 1.94. The molecule has 0 radical (unpaired) electrons. The minimum absolute atomic E-state index is 0.236. The molecule has 0 aromatic heterocycles. The van der Waals surface area contributed by atoms with Crippen molar-refractivity contribution in [3.05, 3.63) is 0 Å². The van der Waals surface area contributed by atoms with Crippen LogP contribution in [0.1, 0.15) is 19.3 Å². The summed E-state index contributed by atoms with van der Waals surface area (Å²) < 4.78 is 10.4. The van der Waals surface area contributed by atoms with Gasteiger partial charge in [0.05, 0.1) is 19.8 Å². The number of carbonyl (C=O) groups is 1.